The van der Waals surface area contributed by atoms with Crippen LogP contribution in [0.4, 0.5) is 0 Å². The highest BCUT2D eigenvalue weighted by atomic mass is 32.1. The number of hydrogen-bond acceptors (Lipinski definition) is 5. The molecule has 2 saturated heterocycles. The van der Waals surface area contributed by atoms with Gasteiger partial charge in [-0.3, -0.25) is 9.59 Å². The van der Waals surface area contributed by atoms with Crippen LogP contribution in [0.3, 0.4) is 0 Å². The Morgan fingerprint density at radius 3 is 2.88 bits per heavy atom. The summed E-state index contributed by atoms with van der Waals surface area (Å²) in [7, 11) is 1.78. The minimum atomic E-state index is -0.171. The molecule has 176 valence electrons. The number of aryl methyl sites for hydroxylation is 1. The van der Waals surface area contributed by atoms with Crippen LogP contribution in [0, 0.1) is 11.8 Å². The Balaban J connectivity index is 1.11. The van der Waals surface area contributed by atoms with Gasteiger partial charge in [0.25, 0.3) is 0 Å². The Bertz CT molecular complexity index is 880. The van der Waals surface area contributed by atoms with Gasteiger partial charge in [0.15, 0.2) is 0 Å². The molecule has 32 heavy (non-hydrogen) atoms. The number of likely N-dealkylation sites (tertiary alicyclic amines) is 2. The van der Waals surface area contributed by atoms with E-state index in [0.29, 0.717) is 24.9 Å². The molecule has 1 N–H and O–H groups in total. The molecule has 0 bridgehead atoms. The molecule has 0 radical (unpaired) electrons. The number of hydrogen-bond donors (Lipinski definition) is 1. The molecular formula is C25H37N3O3S. The maximum atomic E-state index is 12.5. The zero-order valence-electron chi connectivity index (χ0n) is 19.7. The average molecular weight is 460 g/mol. The van der Waals surface area contributed by atoms with E-state index < -0.39 is 0 Å². The molecule has 4 aliphatic rings. The fourth-order valence-corrected chi connectivity index (χ4v) is 7.42. The average Bonchev–Trinajstić information content (AvgIpc) is 3.32. The van der Waals surface area contributed by atoms with Crippen molar-refractivity contribution < 1.29 is 14.3 Å². The van der Waals surface area contributed by atoms with Crippen molar-refractivity contribution in [1.29, 1.82) is 0 Å². The van der Waals surface area contributed by atoms with E-state index in [-0.39, 0.29) is 29.4 Å². The molecule has 3 aliphatic heterocycles. The van der Waals surface area contributed by atoms with Crippen LogP contribution >= 0.6 is 11.3 Å². The van der Waals surface area contributed by atoms with Gasteiger partial charge in [-0.05, 0) is 56.6 Å². The van der Waals surface area contributed by atoms with Gasteiger partial charge in [-0.15, -0.1) is 11.3 Å². The second-order valence-corrected chi connectivity index (χ2v) is 11.7. The summed E-state index contributed by atoms with van der Waals surface area (Å²) < 4.78 is 6.48. The first-order valence-electron chi connectivity index (χ1n) is 12.4. The maximum Gasteiger partial charge on any atom is 0.225 e. The molecule has 7 heteroatoms. The molecule has 5 rings (SSSR count). The highest BCUT2D eigenvalue weighted by Gasteiger charge is 2.45. The third-order valence-electron chi connectivity index (χ3n) is 8.24. The van der Waals surface area contributed by atoms with Crippen LogP contribution in [0.5, 0.6) is 0 Å². The topological polar surface area (TPSA) is 61.9 Å². The predicted octanol–water partition coefficient (Wildman–Crippen LogP) is 2.94. The summed E-state index contributed by atoms with van der Waals surface area (Å²) in [6, 6.07) is 3.21. The predicted molar refractivity (Wildman–Crippen MR) is 126 cm³/mol. The van der Waals surface area contributed by atoms with Crippen LogP contribution in [0.15, 0.2) is 6.07 Å². The molecule has 1 unspecified atom stereocenters. The van der Waals surface area contributed by atoms with Crippen molar-refractivity contribution >= 4 is 23.2 Å². The van der Waals surface area contributed by atoms with Crippen LogP contribution < -0.4 is 5.32 Å². The van der Waals surface area contributed by atoms with Crippen LogP contribution in [-0.2, 0) is 32.8 Å². The van der Waals surface area contributed by atoms with E-state index in [1.807, 2.05) is 11.3 Å². The third kappa shape index (κ3) is 4.12. The molecule has 1 aromatic rings. The first-order chi connectivity index (χ1) is 15.4. The van der Waals surface area contributed by atoms with Gasteiger partial charge in [-0.25, -0.2) is 0 Å². The highest BCUT2D eigenvalue weighted by molar-refractivity contribution is 7.12. The monoisotopic (exact) mass is 459 g/mol. The lowest BCUT2D eigenvalue weighted by Crippen LogP contribution is -2.54. The Kier molecular flexibility index (Phi) is 6.10. The summed E-state index contributed by atoms with van der Waals surface area (Å²) in [6.45, 7) is 8.22. The number of nitrogens with one attached hydrogen (secondary N) is 1. The molecule has 3 atom stereocenters. The zero-order chi connectivity index (χ0) is 22.5. The number of rotatable bonds is 5. The normalized spacial score (nSPS) is 35.1. The Morgan fingerprint density at radius 1 is 1.38 bits per heavy atom. The van der Waals surface area contributed by atoms with E-state index in [0.717, 1.165) is 58.2 Å². The lowest BCUT2D eigenvalue weighted by atomic mass is 9.76. The van der Waals surface area contributed by atoms with E-state index in [2.05, 4.69) is 30.1 Å². The van der Waals surface area contributed by atoms with E-state index in [1.54, 1.807) is 16.8 Å². The molecule has 6 nitrogen and oxygen atoms in total. The van der Waals surface area contributed by atoms with Crippen molar-refractivity contribution in [2.75, 3.05) is 33.3 Å². The van der Waals surface area contributed by atoms with E-state index in [9.17, 15) is 9.59 Å². The van der Waals surface area contributed by atoms with Gasteiger partial charge in [0.05, 0.1) is 18.1 Å². The van der Waals surface area contributed by atoms with E-state index in [1.165, 1.54) is 10.4 Å². The van der Waals surface area contributed by atoms with Gasteiger partial charge in [-0.1, -0.05) is 6.92 Å². The van der Waals surface area contributed by atoms with Gasteiger partial charge in [0.1, 0.15) is 0 Å². The van der Waals surface area contributed by atoms with Gasteiger partial charge >= 0.3 is 0 Å². The van der Waals surface area contributed by atoms with Gasteiger partial charge in [0.2, 0.25) is 11.8 Å². The first-order valence-corrected chi connectivity index (χ1v) is 13.2. The SMILES string of the molecule is CCc1cc2c(s1)CCO[C@@]21CCN(C[C@H]2C[C@@H](NC(=O)C3CC(=O)N(C)C3)C2)[C@@H](C)C1. The molecule has 2 amide bonds. The fourth-order valence-electron chi connectivity index (χ4n) is 6.24. The highest BCUT2D eigenvalue weighted by Crippen LogP contribution is 2.46. The van der Waals surface area contributed by atoms with Crippen molar-refractivity contribution in [2.45, 2.75) is 76.5 Å². The van der Waals surface area contributed by atoms with Crippen LogP contribution in [0.1, 0.15) is 61.3 Å². The molecule has 1 spiro atoms. The van der Waals surface area contributed by atoms with Gasteiger partial charge in [-0.2, -0.15) is 0 Å². The van der Waals surface area contributed by atoms with Crippen molar-refractivity contribution in [3.05, 3.63) is 21.4 Å². The summed E-state index contributed by atoms with van der Waals surface area (Å²) in [6.07, 6.45) is 6.82. The molecule has 1 saturated carbocycles. The first kappa shape index (κ1) is 22.4. The molecule has 1 aromatic heterocycles. The van der Waals surface area contributed by atoms with E-state index in [4.69, 9.17) is 4.74 Å². The summed E-state index contributed by atoms with van der Waals surface area (Å²) in [5.74, 6) is 0.624. The quantitative estimate of drug-likeness (QED) is 0.736. The molecule has 3 fully saturated rings. The summed E-state index contributed by atoms with van der Waals surface area (Å²) in [5, 5.41) is 3.19. The molecule has 0 aromatic carbocycles. The molecule has 4 heterocycles. The van der Waals surface area contributed by atoms with Crippen LogP contribution in [0.2, 0.25) is 0 Å². The van der Waals surface area contributed by atoms with Crippen molar-refractivity contribution in [1.82, 2.24) is 15.1 Å². The number of ether oxygens (including phenoxy) is 1. The minimum Gasteiger partial charge on any atom is -0.370 e. The minimum absolute atomic E-state index is 0.0619. The smallest absolute Gasteiger partial charge is 0.225 e. The summed E-state index contributed by atoms with van der Waals surface area (Å²) >= 11 is 1.99. The van der Waals surface area contributed by atoms with Gasteiger partial charge in [0, 0.05) is 61.4 Å². The zero-order valence-corrected chi connectivity index (χ0v) is 20.5. The lowest BCUT2D eigenvalue weighted by molar-refractivity contribution is -0.129. The number of carbonyl (C=O) groups excluding carboxylic acids is 2. The van der Waals surface area contributed by atoms with Crippen molar-refractivity contribution in [2.24, 2.45) is 11.8 Å². The number of fused-ring (bicyclic) bond motifs is 2. The molecule has 1 aliphatic carbocycles. The lowest BCUT2D eigenvalue weighted by Gasteiger charge is -2.49. The van der Waals surface area contributed by atoms with E-state index >= 15 is 0 Å². The van der Waals surface area contributed by atoms with Gasteiger partial charge < -0.3 is 19.9 Å². The molecular weight excluding hydrogens is 422 g/mol. The second kappa shape index (κ2) is 8.73. The summed E-state index contributed by atoms with van der Waals surface area (Å²) in [4.78, 5) is 31.5. The Labute approximate surface area is 195 Å². The number of amides is 2. The van der Waals surface area contributed by atoms with Crippen LogP contribution in [0.25, 0.3) is 0 Å². The Morgan fingerprint density at radius 2 is 2.19 bits per heavy atom. The maximum absolute atomic E-state index is 12.5. The number of carbonyl (C=O) groups is 2. The Hall–Kier alpha value is -1.44. The summed E-state index contributed by atoms with van der Waals surface area (Å²) in [5.41, 5.74) is 1.41. The van der Waals surface area contributed by atoms with Crippen LogP contribution in [-0.4, -0.2) is 67.0 Å². The largest absolute Gasteiger partial charge is 0.370 e. The van der Waals surface area contributed by atoms with Crippen molar-refractivity contribution in [3.63, 3.8) is 0 Å². The number of nitrogens with zero attached hydrogens (tertiary/aromatic N) is 2. The number of thiophene rings is 1. The third-order valence-corrected chi connectivity index (χ3v) is 9.58. The standard InChI is InChI=1S/C25H37N3O3S/c1-4-20-12-21-22(32-20)5-8-31-25(21)6-7-28(16(2)13-25)14-17-9-19(10-17)26-24(30)18-11-23(29)27(3)15-18/h12,16-19H,4-11,13-15H2,1-3H3,(H,26,30)/t16-,17-,18?,19+,25+/m0/s1. The fraction of sp³-hybridized carbons (Fsp3) is 0.760. The van der Waals surface area contributed by atoms with Crippen molar-refractivity contribution in [3.8, 4) is 0 Å². The second-order valence-electron chi connectivity index (χ2n) is 10.5. The number of piperidine rings is 1.